The van der Waals surface area contributed by atoms with Gasteiger partial charge in [-0.25, -0.2) is 0 Å². The molecule has 0 saturated carbocycles. The Bertz CT molecular complexity index is 317. The molecule has 1 aromatic rings. The third-order valence-corrected chi connectivity index (χ3v) is 3.32. The van der Waals surface area contributed by atoms with Crippen LogP contribution in [0.4, 0.5) is 5.82 Å². The lowest BCUT2D eigenvalue weighted by Crippen LogP contribution is -2.10. The molecular weight excluding hydrogens is 186 g/mol. The topological polar surface area (TPSA) is 40.7 Å². The van der Waals surface area contributed by atoms with E-state index in [1.54, 1.807) is 0 Å². The molecule has 0 saturated heterocycles. The lowest BCUT2D eigenvalue weighted by Gasteiger charge is -2.20. The molecule has 0 aromatic carbocycles. The molecule has 1 heterocycles. The summed E-state index contributed by atoms with van der Waals surface area (Å²) in [7, 11) is 0. The molecule has 2 rings (SSSR count). The smallest absolute Gasteiger partial charge is 0.151 e. The van der Waals surface area contributed by atoms with Gasteiger partial charge in [0.05, 0.1) is 0 Å². The number of fused-ring (bicyclic) bond motifs is 1. The Kier molecular flexibility index (Phi) is 3.29. The number of H-pyrrole nitrogens is 1. The summed E-state index contributed by atoms with van der Waals surface area (Å²) in [6.07, 6.45) is 6.19. The van der Waals surface area contributed by atoms with Gasteiger partial charge in [-0.2, -0.15) is 5.10 Å². The van der Waals surface area contributed by atoms with Gasteiger partial charge in [-0.1, -0.05) is 13.8 Å². The quantitative estimate of drug-likeness (QED) is 0.796. The summed E-state index contributed by atoms with van der Waals surface area (Å²) in [6, 6.07) is 0. The van der Waals surface area contributed by atoms with Gasteiger partial charge >= 0.3 is 0 Å². The summed E-state index contributed by atoms with van der Waals surface area (Å²) in [5.74, 6) is 1.81. The van der Waals surface area contributed by atoms with E-state index in [0.29, 0.717) is 5.92 Å². The predicted octanol–water partition coefficient (Wildman–Crippen LogP) is 3.06. The van der Waals surface area contributed by atoms with Crippen molar-refractivity contribution in [1.82, 2.24) is 10.2 Å². The third-order valence-electron chi connectivity index (χ3n) is 3.32. The van der Waals surface area contributed by atoms with Crippen molar-refractivity contribution in [3.05, 3.63) is 11.3 Å². The third kappa shape index (κ3) is 2.01. The first-order chi connectivity index (χ1) is 7.36. The molecule has 0 fully saturated rings. The average molecular weight is 207 g/mol. The average Bonchev–Trinajstić information content (AvgIpc) is 2.69. The van der Waals surface area contributed by atoms with Crippen LogP contribution in [0.5, 0.6) is 0 Å². The number of nitrogens with zero attached hydrogens (tertiary/aromatic N) is 1. The van der Waals surface area contributed by atoms with Crippen molar-refractivity contribution in [2.24, 2.45) is 0 Å². The largest absolute Gasteiger partial charge is 0.368 e. The van der Waals surface area contributed by atoms with Crippen molar-refractivity contribution >= 4 is 5.82 Å². The highest BCUT2D eigenvalue weighted by Gasteiger charge is 2.23. The van der Waals surface area contributed by atoms with Crippen molar-refractivity contribution < 1.29 is 0 Å². The Morgan fingerprint density at radius 1 is 1.47 bits per heavy atom. The van der Waals surface area contributed by atoms with E-state index in [1.165, 1.54) is 36.9 Å². The van der Waals surface area contributed by atoms with Crippen LogP contribution < -0.4 is 5.32 Å². The number of hydrogen-bond acceptors (Lipinski definition) is 2. The van der Waals surface area contributed by atoms with Gasteiger partial charge in [0.15, 0.2) is 5.82 Å². The zero-order chi connectivity index (χ0) is 10.7. The van der Waals surface area contributed by atoms with Crippen LogP contribution >= 0.6 is 0 Å². The lowest BCUT2D eigenvalue weighted by molar-refractivity contribution is 0.528. The number of anilines is 1. The number of aromatic nitrogens is 2. The fraction of sp³-hybridized carbons (Fsp3) is 0.750. The van der Waals surface area contributed by atoms with E-state index in [1.807, 2.05) is 0 Å². The Hall–Kier alpha value is -0.990. The van der Waals surface area contributed by atoms with Gasteiger partial charge in [-0.15, -0.1) is 0 Å². The monoisotopic (exact) mass is 207 g/mol. The summed E-state index contributed by atoms with van der Waals surface area (Å²) in [5, 5.41) is 11.0. The van der Waals surface area contributed by atoms with Crippen LogP contribution in [0.15, 0.2) is 0 Å². The zero-order valence-electron chi connectivity index (χ0n) is 9.77. The summed E-state index contributed by atoms with van der Waals surface area (Å²) >= 11 is 0. The molecule has 1 aromatic heterocycles. The second-order valence-corrected chi connectivity index (χ2v) is 4.39. The molecule has 15 heavy (non-hydrogen) atoms. The molecule has 0 spiro atoms. The van der Waals surface area contributed by atoms with Gasteiger partial charge in [0.2, 0.25) is 0 Å². The number of rotatable bonds is 4. The predicted molar refractivity (Wildman–Crippen MR) is 63.3 cm³/mol. The normalized spacial score (nSPS) is 20.0. The van der Waals surface area contributed by atoms with Crippen molar-refractivity contribution in [3.63, 3.8) is 0 Å². The Labute approximate surface area is 91.7 Å². The number of aromatic amines is 1. The first-order valence-electron chi connectivity index (χ1n) is 6.17. The molecule has 1 unspecified atom stereocenters. The SMILES string of the molecule is CCCNc1n[nH]c2c1CCCC2CC. The second kappa shape index (κ2) is 4.69. The minimum Gasteiger partial charge on any atom is -0.368 e. The van der Waals surface area contributed by atoms with Gasteiger partial charge in [-0.3, -0.25) is 5.10 Å². The highest BCUT2D eigenvalue weighted by atomic mass is 15.2. The van der Waals surface area contributed by atoms with Gasteiger partial charge < -0.3 is 5.32 Å². The van der Waals surface area contributed by atoms with E-state index in [2.05, 4.69) is 29.4 Å². The summed E-state index contributed by atoms with van der Waals surface area (Å²) in [4.78, 5) is 0. The molecule has 84 valence electrons. The van der Waals surface area contributed by atoms with Crippen LogP contribution in [-0.4, -0.2) is 16.7 Å². The summed E-state index contributed by atoms with van der Waals surface area (Å²) < 4.78 is 0. The Morgan fingerprint density at radius 2 is 2.33 bits per heavy atom. The molecule has 3 nitrogen and oxygen atoms in total. The molecule has 0 amide bonds. The minimum atomic E-state index is 0.707. The van der Waals surface area contributed by atoms with E-state index in [0.717, 1.165) is 18.8 Å². The van der Waals surface area contributed by atoms with Crippen LogP contribution in [0.3, 0.4) is 0 Å². The maximum atomic E-state index is 4.40. The molecule has 3 heteroatoms. The minimum absolute atomic E-state index is 0.707. The standard InChI is InChI=1S/C12H21N3/c1-3-8-13-12-10-7-5-6-9(4-2)11(10)14-15-12/h9H,3-8H2,1-2H3,(H2,13,14,15). The second-order valence-electron chi connectivity index (χ2n) is 4.39. The first-order valence-corrected chi connectivity index (χ1v) is 6.17. The van der Waals surface area contributed by atoms with Gasteiger partial charge in [-0.05, 0) is 32.1 Å². The van der Waals surface area contributed by atoms with Gasteiger partial charge in [0.1, 0.15) is 0 Å². The fourth-order valence-corrected chi connectivity index (χ4v) is 2.44. The molecule has 1 aliphatic rings. The molecule has 0 aliphatic heterocycles. The number of hydrogen-bond donors (Lipinski definition) is 2. The first kappa shape index (κ1) is 10.5. The summed E-state index contributed by atoms with van der Waals surface area (Å²) in [5.41, 5.74) is 2.84. The molecule has 2 N–H and O–H groups in total. The van der Waals surface area contributed by atoms with Crippen LogP contribution in [0.1, 0.15) is 56.7 Å². The van der Waals surface area contributed by atoms with Crippen molar-refractivity contribution in [2.45, 2.75) is 51.9 Å². The fourth-order valence-electron chi connectivity index (χ4n) is 2.44. The van der Waals surface area contributed by atoms with E-state index in [9.17, 15) is 0 Å². The maximum absolute atomic E-state index is 4.40. The highest BCUT2D eigenvalue weighted by molar-refractivity contribution is 5.48. The van der Waals surface area contributed by atoms with Crippen LogP contribution in [0.25, 0.3) is 0 Å². The van der Waals surface area contributed by atoms with E-state index < -0.39 is 0 Å². The van der Waals surface area contributed by atoms with E-state index in [-0.39, 0.29) is 0 Å². The van der Waals surface area contributed by atoms with Crippen molar-refractivity contribution in [3.8, 4) is 0 Å². The zero-order valence-corrected chi connectivity index (χ0v) is 9.77. The van der Waals surface area contributed by atoms with Crippen molar-refractivity contribution in [2.75, 3.05) is 11.9 Å². The van der Waals surface area contributed by atoms with E-state index in [4.69, 9.17) is 0 Å². The van der Waals surface area contributed by atoms with E-state index >= 15 is 0 Å². The molecule has 0 radical (unpaired) electrons. The molecule has 0 bridgehead atoms. The Balaban J connectivity index is 2.18. The van der Waals surface area contributed by atoms with Crippen molar-refractivity contribution in [1.29, 1.82) is 0 Å². The molecule has 1 atom stereocenters. The van der Waals surface area contributed by atoms with Gasteiger partial charge in [0.25, 0.3) is 0 Å². The summed E-state index contributed by atoms with van der Waals surface area (Å²) in [6.45, 7) is 5.47. The maximum Gasteiger partial charge on any atom is 0.151 e. The number of nitrogens with one attached hydrogen (secondary N) is 2. The lowest BCUT2D eigenvalue weighted by atomic mass is 9.86. The Morgan fingerprint density at radius 3 is 3.07 bits per heavy atom. The van der Waals surface area contributed by atoms with Crippen LogP contribution in [0, 0.1) is 0 Å². The molecular formula is C12H21N3. The van der Waals surface area contributed by atoms with Crippen LogP contribution in [-0.2, 0) is 6.42 Å². The van der Waals surface area contributed by atoms with Crippen LogP contribution in [0.2, 0.25) is 0 Å². The van der Waals surface area contributed by atoms with Gasteiger partial charge in [0, 0.05) is 23.7 Å². The highest BCUT2D eigenvalue weighted by Crippen LogP contribution is 2.35. The molecule has 1 aliphatic carbocycles.